The van der Waals surface area contributed by atoms with Crippen molar-refractivity contribution in [1.29, 1.82) is 0 Å². The summed E-state index contributed by atoms with van der Waals surface area (Å²) in [5.41, 5.74) is 5.34. The minimum Gasteiger partial charge on any atom is -0.376 e. The van der Waals surface area contributed by atoms with Gasteiger partial charge in [0.15, 0.2) is 0 Å². The van der Waals surface area contributed by atoms with E-state index in [2.05, 4.69) is 28.6 Å². The summed E-state index contributed by atoms with van der Waals surface area (Å²) in [5.74, 6) is 0.944. The first-order chi connectivity index (χ1) is 12.1. The van der Waals surface area contributed by atoms with Gasteiger partial charge in [0.2, 0.25) is 0 Å². The van der Waals surface area contributed by atoms with Crippen molar-refractivity contribution in [1.82, 2.24) is 14.5 Å². The first kappa shape index (κ1) is 16.3. The van der Waals surface area contributed by atoms with Crippen molar-refractivity contribution in [2.75, 3.05) is 6.61 Å². The number of halogens is 1. The maximum atomic E-state index is 6.21. The van der Waals surface area contributed by atoms with E-state index in [4.69, 9.17) is 21.3 Å². The van der Waals surface area contributed by atoms with Crippen LogP contribution < -0.4 is 0 Å². The van der Waals surface area contributed by atoms with Gasteiger partial charge in [0.1, 0.15) is 5.82 Å². The summed E-state index contributed by atoms with van der Waals surface area (Å²) in [7, 11) is 0. The molecule has 0 saturated carbocycles. The lowest BCUT2D eigenvalue weighted by molar-refractivity contribution is 0.0666. The van der Waals surface area contributed by atoms with E-state index in [1.54, 1.807) is 0 Å². The quantitative estimate of drug-likeness (QED) is 0.679. The summed E-state index contributed by atoms with van der Waals surface area (Å²) in [6.07, 6.45) is 2.83. The van der Waals surface area contributed by atoms with E-state index >= 15 is 0 Å². The van der Waals surface area contributed by atoms with Gasteiger partial charge >= 0.3 is 0 Å². The third-order valence-corrected chi connectivity index (χ3v) is 4.74. The Morgan fingerprint density at radius 1 is 1.20 bits per heavy atom. The zero-order chi connectivity index (χ0) is 17.4. The van der Waals surface area contributed by atoms with E-state index in [0.717, 1.165) is 41.3 Å². The van der Waals surface area contributed by atoms with Gasteiger partial charge in [-0.15, -0.1) is 0 Å². The molecule has 2 aromatic heterocycles. The number of aryl methyl sites for hydroxylation is 1. The molecular weight excluding hydrogens is 334 g/mol. The van der Waals surface area contributed by atoms with Gasteiger partial charge in [0.05, 0.1) is 24.9 Å². The molecule has 0 saturated heterocycles. The van der Waals surface area contributed by atoms with E-state index < -0.39 is 0 Å². The Labute approximate surface area is 152 Å². The summed E-state index contributed by atoms with van der Waals surface area (Å²) >= 11 is 6.21. The summed E-state index contributed by atoms with van der Waals surface area (Å²) in [4.78, 5) is 9.32. The van der Waals surface area contributed by atoms with Crippen molar-refractivity contribution in [3.8, 4) is 22.6 Å². The van der Waals surface area contributed by atoms with E-state index in [1.807, 2.05) is 37.4 Å². The number of benzene rings is 1. The Bertz CT molecular complexity index is 919. The molecule has 0 bridgehead atoms. The van der Waals surface area contributed by atoms with E-state index in [0.29, 0.717) is 11.6 Å². The normalized spacial score (nSPS) is 17.2. The Morgan fingerprint density at radius 3 is 2.88 bits per heavy atom. The van der Waals surface area contributed by atoms with Crippen LogP contribution in [0.25, 0.3) is 22.6 Å². The van der Waals surface area contributed by atoms with Gasteiger partial charge in [-0.1, -0.05) is 23.7 Å². The first-order valence-electron chi connectivity index (χ1n) is 8.52. The summed E-state index contributed by atoms with van der Waals surface area (Å²) < 4.78 is 8.17. The molecule has 0 fully saturated rings. The zero-order valence-corrected chi connectivity index (χ0v) is 15.1. The minimum atomic E-state index is 0.153. The van der Waals surface area contributed by atoms with Crippen LogP contribution >= 0.6 is 11.6 Å². The molecule has 0 spiro atoms. The smallest absolute Gasteiger partial charge is 0.141 e. The molecule has 5 heteroatoms. The van der Waals surface area contributed by atoms with Gasteiger partial charge in [-0.05, 0) is 38.1 Å². The van der Waals surface area contributed by atoms with Crippen LogP contribution in [-0.2, 0) is 17.7 Å². The zero-order valence-electron chi connectivity index (χ0n) is 14.4. The Balaban J connectivity index is 1.93. The second-order valence-corrected chi connectivity index (χ2v) is 6.91. The molecular formula is C20H20ClN3O. The molecule has 0 aliphatic carbocycles. The van der Waals surface area contributed by atoms with Crippen LogP contribution in [0.5, 0.6) is 0 Å². The standard InChI is InChI=1S/C20H20ClN3O/c1-13-10-15(6-8-22-13)19-18-7-9-25-14(2)12-24(18)20(23-19)16-4-3-5-17(21)11-16/h3-6,8,10-11,14H,7,9,12H2,1-2H3/t14-/m1/s1. The highest BCUT2D eigenvalue weighted by molar-refractivity contribution is 6.30. The molecule has 0 unspecified atom stereocenters. The maximum absolute atomic E-state index is 6.21. The topological polar surface area (TPSA) is 39.9 Å². The molecule has 4 nitrogen and oxygen atoms in total. The van der Waals surface area contributed by atoms with Gasteiger partial charge in [0, 0.05) is 40.2 Å². The van der Waals surface area contributed by atoms with Crippen molar-refractivity contribution in [3.05, 3.63) is 59.0 Å². The molecule has 0 amide bonds. The minimum absolute atomic E-state index is 0.153. The molecule has 1 aliphatic rings. The number of hydrogen-bond donors (Lipinski definition) is 0. The summed E-state index contributed by atoms with van der Waals surface area (Å²) in [5, 5.41) is 0.717. The number of ether oxygens (including phenoxy) is 1. The molecule has 0 radical (unpaired) electrons. The number of rotatable bonds is 2. The number of nitrogens with zero attached hydrogens (tertiary/aromatic N) is 3. The van der Waals surface area contributed by atoms with Crippen LogP contribution in [0.1, 0.15) is 18.3 Å². The van der Waals surface area contributed by atoms with Crippen molar-refractivity contribution >= 4 is 11.6 Å². The van der Waals surface area contributed by atoms with Crippen molar-refractivity contribution in [2.45, 2.75) is 32.9 Å². The molecule has 4 rings (SSSR count). The highest BCUT2D eigenvalue weighted by atomic mass is 35.5. The number of imidazole rings is 1. The fourth-order valence-electron chi connectivity index (χ4n) is 3.38. The molecule has 0 N–H and O–H groups in total. The van der Waals surface area contributed by atoms with Crippen molar-refractivity contribution in [2.24, 2.45) is 0 Å². The molecule has 1 atom stereocenters. The lowest BCUT2D eigenvalue weighted by atomic mass is 10.1. The van der Waals surface area contributed by atoms with Gasteiger partial charge in [-0.3, -0.25) is 4.98 Å². The lowest BCUT2D eigenvalue weighted by Gasteiger charge is -2.13. The van der Waals surface area contributed by atoms with Crippen LogP contribution in [0.15, 0.2) is 42.6 Å². The van der Waals surface area contributed by atoms with Crippen LogP contribution in [0.2, 0.25) is 5.02 Å². The van der Waals surface area contributed by atoms with Crippen molar-refractivity contribution < 1.29 is 4.74 Å². The highest BCUT2D eigenvalue weighted by Crippen LogP contribution is 2.32. The second-order valence-electron chi connectivity index (χ2n) is 6.47. The first-order valence-corrected chi connectivity index (χ1v) is 8.89. The fraction of sp³-hybridized carbons (Fsp3) is 0.300. The molecule has 1 aromatic carbocycles. The number of hydrogen-bond acceptors (Lipinski definition) is 3. The van der Waals surface area contributed by atoms with Crippen LogP contribution in [0.4, 0.5) is 0 Å². The maximum Gasteiger partial charge on any atom is 0.141 e. The average Bonchev–Trinajstić information content (AvgIpc) is 2.82. The van der Waals surface area contributed by atoms with E-state index in [9.17, 15) is 0 Å². The molecule has 25 heavy (non-hydrogen) atoms. The van der Waals surface area contributed by atoms with Gasteiger partial charge in [-0.25, -0.2) is 4.98 Å². The number of aromatic nitrogens is 3. The Kier molecular flexibility index (Phi) is 4.32. The number of fused-ring (bicyclic) bond motifs is 1. The predicted octanol–water partition coefficient (Wildman–Crippen LogP) is 4.54. The monoisotopic (exact) mass is 353 g/mol. The second kappa shape index (κ2) is 6.62. The largest absolute Gasteiger partial charge is 0.376 e. The van der Waals surface area contributed by atoms with E-state index in [1.165, 1.54) is 5.69 Å². The van der Waals surface area contributed by atoms with Crippen LogP contribution in [0, 0.1) is 6.92 Å². The van der Waals surface area contributed by atoms with Gasteiger partial charge in [0.25, 0.3) is 0 Å². The Morgan fingerprint density at radius 2 is 2.08 bits per heavy atom. The third kappa shape index (κ3) is 3.20. The van der Waals surface area contributed by atoms with Gasteiger partial charge in [-0.2, -0.15) is 0 Å². The van der Waals surface area contributed by atoms with Crippen LogP contribution in [0.3, 0.4) is 0 Å². The SMILES string of the molecule is Cc1cc(-c2nc(-c3cccc(Cl)c3)n3c2CCO[C@H](C)C3)ccn1. The van der Waals surface area contributed by atoms with Gasteiger partial charge < -0.3 is 9.30 Å². The Hall–Kier alpha value is -2.17. The fourth-order valence-corrected chi connectivity index (χ4v) is 3.57. The van der Waals surface area contributed by atoms with Crippen molar-refractivity contribution in [3.63, 3.8) is 0 Å². The molecule has 3 heterocycles. The average molecular weight is 354 g/mol. The lowest BCUT2D eigenvalue weighted by Crippen LogP contribution is -2.14. The van der Waals surface area contributed by atoms with Crippen LogP contribution in [-0.4, -0.2) is 27.2 Å². The highest BCUT2D eigenvalue weighted by Gasteiger charge is 2.23. The van der Waals surface area contributed by atoms with E-state index in [-0.39, 0.29) is 6.10 Å². The number of pyridine rings is 1. The molecule has 3 aromatic rings. The predicted molar refractivity (Wildman–Crippen MR) is 99.8 cm³/mol. The molecule has 128 valence electrons. The molecule has 1 aliphatic heterocycles. The third-order valence-electron chi connectivity index (χ3n) is 4.51. The summed E-state index contributed by atoms with van der Waals surface area (Å²) in [6, 6.07) is 12.0. The summed E-state index contributed by atoms with van der Waals surface area (Å²) in [6.45, 7) is 5.60.